The molecule has 1 amide bonds. The van der Waals surface area contributed by atoms with Gasteiger partial charge < -0.3 is 14.2 Å². The molecule has 0 spiro atoms. The maximum atomic E-state index is 13.1. The van der Waals surface area contributed by atoms with Gasteiger partial charge in [0.25, 0.3) is 5.91 Å². The highest BCUT2D eigenvalue weighted by Crippen LogP contribution is 2.31. The molecule has 1 aliphatic rings. The molecule has 1 atom stereocenters. The number of amides is 1. The molecule has 1 aromatic carbocycles. The molecule has 0 aliphatic carbocycles. The zero-order valence-corrected chi connectivity index (χ0v) is 17.4. The number of hydrogen-bond donors (Lipinski definition) is 0. The number of hydrogen-bond acceptors (Lipinski definition) is 7. The molecule has 0 bridgehead atoms. The highest BCUT2D eigenvalue weighted by molar-refractivity contribution is 5.92. The maximum absolute atomic E-state index is 13.1. The molecule has 0 unspecified atom stereocenters. The van der Waals surface area contributed by atoms with Crippen molar-refractivity contribution in [1.82, 2.24) is 29.8 Å². The molecular formula is C23H22N6O3. The van der Waals surface area contributed by atoms with Gasteiger partial charge in [-0.2, -0.15) is 5.10 Å². The molecule has 32 heavy (non-hydrogen) atoms. The molecule has 1 fully saturated rings. The Balaban J connectivity index is 1.23. The van der Waals surface area contributed by atoms with E-state index in [-0.39, 0.29) is 24.2 Å². The molecule has 1 aliphatic heterocycles. The van der Waals surface area contributed by atoms with Gasteiger partial charge in [-0.1, -0.05) is 11.2 Å². The van der Waals surface area contributed by atoms with Gasteiger partial charge in [0.2, 0.25) is 0 Å². The van der Waals surface area contributed by atoms with Crippen molar-refractivity contribution < 1.29 is 14.1 Å². The van der Waals surface area contributed by atoms with Crippen molar-refractivity contribution in [2.24, 2.45) is 0 Å². The van der Waals surface area contributed by atoms with Crippen molar-refractivity contribution in [3.63, 3.8) is 0 Å². The molecule has 4 heterocycles. The first kappa shape index (κ1) is 19.9. The van der Waals surface area contributed by atoms with Gasteiger partial charge in [-0.25, -0.2) is 9.67 Å². The van der Waals surface area contributed by atoms with Crippen LogP contribution in [0.15, 0.2) is 71.9 Å². The van der Waals surface area contributed by atoms with E-state index in [2.05, 4.69) is 20.2 Å². The fourth-order valence-corrected chi connectivity index (χ4v) is 3.88. The average Bonchev–Trinajstić information content (AvgIpc) is 3.56. The number of rotatable bonds is 6. The first-order valence-corrected chi connectivity index (χ1v) is 10.5. The molecule has 1 saturated heterocycles. The standard InChI is InChI=1S/C23H22N6O3/c30-23(28-12-4-2-6-22(28)20-5-1-3-11-25-20)21-13-19(32-27-21)14-31-18-9-7-17(8-10-18)29-16-24-15-26-29/h1,3,5,7-11,13,15-16,22H,2,4,6,12,14H2/t22-/m0/s1. The summed E-state index contributed by atoms with van der Waals surface area (Å²) in [7, 11) is 0. The predicted octanol–water partition coefficient (Wildman–Crippen LogP) is 3.60. The minimum Gasteiger partial charge on any atom is -0.486 e. The minimum atomic E-state index is -0.146. The fraction of sp³-hybridized carbons (Fsp3) is 0.261. The Morgan fingerprint density at radius 2 is 2.06 bits per heavy atom. The lowest BCUT2D eigenvalue weighted by atomic mass is 9.98. The van der Waals surface area contributed by atoms with Crippen molar-refractivity contribution in [2.75, 3.05) is 6.54 Å². The van der Waals surface area contributed by atoms with E-state index in [9.17, 15) is 4.79 Å². The monoisotopic (exact) mass is 430 g/mol. The lowest BCUT2D eigenvalue weighted by Gasteiger charge is -2.34. The van der Waals surface area contributed by atoms with Crippen molar-refractivity contribution in [3.05, 3.63) is 84.5 Å². The number of pyridine rings is 1. The summed E-state index contributed by atoms with van der Waals surface area (Å²) in [5.74, 6) is 1.01. The van der Waals surface area contributed by atoms with E-state index in [4.69, 9.17) is 9.26 Å². The predicted molar refractivity (Wildman–Crippen MR) is 114 cm³/mol. The van der Waals surface area contributed by atoms with Gasteiger partial charge in [0.1, 0.15) is 25.0 Å². The van der Waals surface area contributed by atoms with E-state index in [1.54, 1.807) is 23.3 Å². The number of likely N-dealkylation sites (tertiary alicyclic amines) is 1. The summed E-state index contributed by atoms with van der Waals surface area (Å²) >= 11 is 0. The largest absolute Gasteiger partial charge is 0.486 e. The number of nitrogens with zero attached hydrogens (tertiary/aromatic N) is 6. The van der Waals surface area contributed by atoms with Crippen LogP contribution < -0.4 is 4.74 Å². The summed E-state index contributed by atoms with van der Waals surface area (Å²) in [5, 5.41) is 8.09. The molecular weight excluding hydrogens is 408 g/mol. The van der Waals surface area contributed by atoms with Crippen molar-refractivity contribution >= 4 is 5.91 Å². The second-order valence-electron chi connectivity index (χ2n) is 7.57. The van der Waals surface area contributed by atoms with Gasteiger partial charge in [-0.3, -0.25) is 9.78 Å². The summed E-state index contributed by atoms with van der Waals surface area (Å²) < 4.78 is 12.8. The molecule has 0 radical (unpaired) electrons. The van der Waals surface area contributed by atoms with Gasteiger partial charge in [0, 0.05) is 18.8 Å². The quantitative estimate of drug-likeness (QED) is 0.461. The molecule has 5 rings (SSSR count). The highest BCUT2D eigenvalue weighted by Gasteiger charge is 2.31. The van der Waals surface area contributed by atoms with E-state index in [0.717, 1.165) is 30.6 Å². The summed E-state index contributed by atoms with van der Waals surface area (Å²) in [6.45, 7) is 0.851. The maximum Gasteiger partial charge on any atom is 0.276 e. The SMILES string of the molecule is O=C(c1cc(COc2ccc(-n3cncn3)cc2)on1)N1CCCC[C@H]1c1ccccn1. The first-order chi connectivity index (χ1) is 15.8. The summed E-state index contributed by atoms with van der Waals surface area (Å²) in [6.07, 6.45) is 7.79. The number of piperidine rings is 1. The molecule has 0 saturated carbocycles. The van der Waals surface area contributed by atoms with Crippen LogP contribution in [0.2, 0.25) is 0 Å². The van der Waals surface area contributed by atoms with Crippen LogP contribution in [-0.2, 0) is 6.61 Å². The number of carbonyl (C=O) groups is 1. The van der Waals surface area contributed by atoms with Gasteiger partial charge in [-0.05, 0) is 55.7 Å². The third-order valence-corrected chi connectivity index (χ3v) is 5.47. The van der Waals surface area contributed by atoms with Crippen LogP contribution in [0.25, 0.3) is 5.69 Å². The minimum absolute atomic E-state index is 0.0441. The fourth-order valence-electron chi connectivity index (χ4n) is 3.88. The third kappa shape index (κ3) is 4.22. The Kier molecular flexibility index (Phi) is 5.61. The molecule has 9 heteroatoms. The topological polar surface area (TPSA) is 99.2 Å². The average molecular weight is 430 g/mol. The van der Waals surface area contributed by atoms with Crippen LogP contribution in [0, 0.1) is 0 Å². The van der Waals surface area contributed by atoms with Crippen LogP contribution in [0.5, 0.6) is 5.75 Å². The number of benzene rings is 1. The Morgan fingerprint density at radius 1 is 1.16 bits per heavy atom. The lowest BCUT2D eigenvalue weighted by molar-refractivity contribution is 0.0595. The molecule has 9 nitrogen and oxygen atoms in total. The molecule has 0 N–H and O–H groups in total. The second-order valence-corrected chi connectivity index (χ2v) is 7.57. The number of aromatic nitrogens is 5. The molecule has 4 aromatic rings. The van der Waals surface area contributed by atoms with E-state index < -0.39 is 0 Å². The molecule has 3 aromatic heterocycles. The Bertz CT molecular complexity index is 1160. The number of carbonyl (C=O) groups excluding carboxylic acids is 1. The Labute approximate surface area is 184 Å². The smallest absolute Gasteiger partial charge is 0.276 e. The van der Waals surface area contributed by atoms with Crippen molar-refractivity contribution in [2.45, 2.75) is 31.9 Å². The highest BCUT2D eigenvalue weighted by atomic mass is 16.5. The molecule has 162 valence electrons. The summed E-state index contributed by atoms with van der Waals surface area (Å²) in [6, 6.07) is 14.8. The van der Waals surface area contributed by atoms with Crippen molar-refractivity contribution in [1.29, 1.82) is 0 Å². The normalized spacial score (nSPS) is 16.1. The zero-order valence-electron chi connectivity index (χ0n) is 17.4. The van der Waals surface area contributed by atoms with E-state index in [0.29, 0.717) is 18.1 Å². The van der Waals surface area contributed by atoms with E-state index >= 15 is 0 Å². The van der Waals surface area contributed by atoms with Gasteiger partial charge in [-0.15, -0.1) is 0 Å². The van der Waals surface area contributed by atoms with Gasteiger partial charge in [0.05, 0.1) is 17.4 Å². The summed E-state index contributed by atoms with van der Waals surface area (Å²) in [4.78, 5) is 23.4. The van der Waals surface area contributed by atoms with Crippen LogP contribution in [0.4, 0.5) is 0 Å². The van der Waals surface area contributed by atoms with Gasteiger partial charge in [0.15, 0.2) is 11.5 Å². The van der Waals surface area contributed by atoms with Crippen LogP contribution in [0.1, 0.15) is 47.2 Å². The Hall–Kier alpha value is -4.01. The zero-order chi connectivity index (χ0) is 21.8. The van der Waals surface area contributed by atoms with Gasteiger partial charge >= 0.3 is 0 Å². The van der Waals surface area contributed by atoms with E-state index in [1.807, 2.05) is 47.4 Å². The Morgan fingerprint density at radius 3 is 2.84 bits per heavy atom. The van der Waals surface area contributed by atoms with Crippen LogP contribution in [0.3, 0.4) is 0 Å². The third-order valence-electron chi connectivity index (χ3n) is 5.47. The first-order valence-electron chi connectivity index (χ1n) is 10.5. The second kappa shape index (κ2) is 9.01. The van der Waals surface area contributed by atoms with Crippen molar-refractivity contribution in [3.8, 4) is 11.4 Å². The number of ether oxygens (including phenoxy) is 1. The van der Waals surface area contributed by atoms with Crippen LogP contribution in [-0.4, -0.2) is 42.3 Å². The summed E-state index contributed by atoms with van der Waals surface area (Å²) in [5.41, 5.74) is 2.07. The van der Waals surface area contributed by atoms with Crippen LogP contribution >= 0.6 is 0 Å². The lowest BCUT2D eigenvalue weighted by Crippen LogP contribution is -2.39. The van der Waals surface area contributed by atoms with E-state index in [1.165, 1.54) is 6.33 Å².